The Hall–Kier alpha value is -2.01. The van der Waals surface area contributed by atoms with Crippen LogP contribution in [0.1, 0.15) is 11.8 Å². The predicted octanol–water partition coefficient (Wildman–Crippen LogP) is -2.13. The summed E-state index contributed by atoms with van der Waals surface area (Å²) in [4.78, 5) is 36.5. The second kappa shape index (κ2) is 9.20. The molecule has 0 spiro atoms. The Morgan fingerprint density at radius 1 is 1.48 bits per heavy atom. The number of aromatic nitrogens is 2. The van der Waals surface area contributed by atoms with E-state index in [1.54, 1.807) is 0 Å². The number of nitrogens with two attached hydrogens (primary N) is 1. The number of aliphatic hydroxyl groups excluding tert-OH is 1. The minimum Gasteiger partial charge on any atom is -0.457 e. The maximum absolute atomic E-state index is 12.1. The number of ether oxygens (including phenoxy) is 3. The molecule has 0 aliphatic carbocycles. The summed E-state index contributed by atoms with van der Waals surface area (Å²) in [6.07, 6.45) is -1.93. The van der Waals surface area contributed by atoms with Gasteiger partial charge in [0.05, 0.1) is 13.2 Å². The van der Waals surface area contributed by atoms with Gasteiger partial charge in [0.2, 0.25) is 0 Å². The van der Waals surface area contributed by atoms with E-state index in [1.165, 1.54) is 20.2 Å². The van der Waals surface area contributed by atoms with Crippen LogP contribution in [0, 0.1) is 6.92 Å². The van der Waals surface area contributed by atoms with E-state index in [-0.39, 0.29) is 25.2 Å². The van der Waals surface area contributed by atoms with Crippen LogP contribution in [-0.4, -0.2) is 60.2 Å². The van der Waals surface area contributed by atoms with Crippen LogP contribution < -0.4 is 17.0 Å². The highest BCUT2D eigenvalue weighted by Gasteiger charge is 2.34. The van der Waals surface area contributed by atoms with E-state index in [1.807, 2.05) is 0 Å². The summed E-state index contributed by atoms with van der Waals surface area (Å²) in [5, 5.41) is 9.37. The van der Waals surface area contributed by atoms with Crippen LogP contribution in [-0.2, 0) is 19.0 Å². The summed E-state index contributed by atoms with van der Waals surface area (Å²) in [6, 6.07) is 0. The summed E-state index contributed by atoms with van der Waals surface area (Å²) >= 11 is 0. The van der Waals surface area contributed by atoms with E-state index in [0.717, 1.165) is 4.57 Å². The third-order valence-electron chi connectivity index (χ3n) is 3.17. The number of H-pyrrole nitrogens is 1. The average molecular weight is 331 g/mol. The van der Waals surface area contributed by atoms with Crippen molar-refractivity contribution >= 4 is 6.47 Å². The summed E-state index contributed by atoms with van der Waals surface area (Å²) in [5.74, 6) is 0. The molecule has 1 aromatic heterocycles. The second-order valence-corrected chi connectivity index (χ2v) is 4.68. The van der Waals surface area contributed by atoms with Gasteiger partial charge in [-0.3, -0.25) is 19.1 Å². The SMILES string of the molecule is COC(CO)C(OC=O)C(OCCN)n1cc(C)c(=O)[nH]c1=O. The van der Waals surface area contributed by atoms with Crippen molar-refractivity contribution in [2.45, 2.75) is 25.4 Å². The Kier molecular flexibility index (Phi) is 7.62. The molecule has 0 radical (unpaired) electrons. The normalized spacial score (nSPS) is 15.0. The molecule has 1 heterocycles. The summed E-state index contributed by atoms with van der Waals surface area (Å²) in [5.41, 5.74) is 4.36. The van der Waals surface area contributed by atoms with Crippen LogP contribution in [0.25, 0.3) is 0 Å². The van der Waals surface area contributed by atoms with Crippen molar-refractivity contribution < 1.29 is 24.1 Å². The monoisotopic (exact) mass is 331 g/mol. The minimum absolute atomic E-state index is 0.0514. The zero-order valence-electron chi connectivity index (χ0n) is 12.9. The molecule has 0 aliphatic rings. The van der Waals surface area contributed by atoms with Gasteiger partial charge in [-0.05, 0) is 6.92 Å². The predicted molar refractivity (Wildman–Crippen MR) is 78.9 cm³/mol. The summed E-state index contributed by atoms with van der Waals surface area (Å²) in [7, 11) is 1.31. The fraction of sp³-hybridized carbons (Fsp3) is 0.615. The zero-order valence-corrected chi connectivity index (χ0v) is 12.9. The smallest absolute Gasteiger partial charge is 0.330 e. The number of aryl methyl sites for hydroxylation is 1. The van der Waals surface area contributed by atoms with Crippen molar-refractivity contribution in [3.8, 4) is 0 Å². The van der Waals surface area contributed by atoms with Crippen LogP contribution in [0.3, 0.4) is 0 Å². The Morgan fingerprint density at radius 2 is 2.17 bits per heavy atom. The molecule has 10 nitrogen and oxygen atoms in total. The molecule has 10 heteroatoms. The van der Waals surface area contributed by atoms with Gasteiger partial charge in [-0.15, -0.1) is 0 Å². The van der Waals surface area contributed by atoms with Gasteiger partial charge < -0.3 is 25.1 Å². The molecule has 23 heavy (non-hydrogen) atoms. The van der Waals surface area contributed by atoms with E-state index in [2.05, 4.69) is 4.98 Å². The molecule has 0 bridgehead atoms. The summed E-state index contributed by atoms with van der Waals surface area (Å²) in [6.45, 7) is 1.39. The van der Waals surface area contributed by atoms with Gasteiger partial charge in [-0.2, -0.15) is 0 Å². The van der Waals surface area contributed by atoms with Gasteiger partial charge in [0.25, 0.3) is 12.0 Å². The number of carbonyl (C=O) groups is 1. The first-order valence-electron chi connectivity index (χ1n) is 6.86. The van der Waals surface area contributed by atoms with E-state index in [9.17, 15) is 19.5 Å². The molecular formula is C13H21N3O7. The van der Waals surface area contributed by atoms with Crippen molar-refractivity contribution in [2.75, 3.05) is 26.9 Å². The Balaban J connectivity index is 3.35. The zero-order chi connectivity index (χ0) is 17.4. The van der Waals surface area contributed by atoms with Gasteiger partial charge in [0, 0.05) is 25.4 Å². The minimum atomic E-state index is -1.14. The molecule has 1 rings (SSSR count). The average Bonchev–Trinajstić information content (AvgIpc) is 2.53. The first-order chi connectivity index (χ1) is 11.0. The highest BCUT2D eigenvalue weighted by molar-refractivity contribution is 5.37. The van der Waals surface area contributed by atoms with Crippen molar-refractivity contribution in [2.24, 2.45) is 5.73 Å². The number of hydrogen-bond acceptors (Lipinski definition) is 8. The molecular weight excluding hydrogens is 310 g/mol. The van der Waals surface area contributed by atoms with E-state index >= 15 is 0 Å². The number of hydrogen-bond donors (Lipinski definition) is 3. The number of aliphatic hydroxyl groups is 1. The quantitative estimate of drug-likeness (QED) is 0.412. The lowest BCUT2D eigenvalue weighted by Crippen LogP contribution is -2.46. The fourth-order valence-electron chi connectivity index (χ4n) is 2.01. The van der Waals surface area contributed by atoms with E-state index in [4.69, 9.17) is 19.9 Å². The number of nitrogens with zero attached hydrogens (tertiary/aromatic N) is 1. The van der Waals surface area contributed by atoms with E-state index < -0.39 is 36.3 Å². The van der Waals surface area contributed by atoms with Crippen LogP contribution in [0.5, 0.6) is 0 Å². The molecule has 4 N–H and O–H groups in total. The maximum atomic E-state index is 12.1. The molecule has 0 aliphatic heterocycles. The van der Waals surface area contributed by atoms with Crippen LogP contribution in [0.15, 0.2) is 15.8 Å². The highest BCUT2D eigenvalue weighted by Crippen LogP contribution is 2.19. The molecule has 3 atom stereocenters. The third kappa shape index (κ3) is 4.73. The number of nitrogens with one attached hydrogen (secondary N) is 1. The second-order valence-electron chi connectivity index (χ2n) is 4.68. The molecule has 0 saturated carbocycles. The molecule has 0 amide bonds. The van der Waals surface area contributed by atoms with Gasteiger partial charge in [0.1, 0.15) is 6.10 Å². The number of methoxy groups -OCH3 is 1. The number of aromatic amines is 1. The fourth-order valence-corrected chi connectivity index (χ4v) is 2.01. The lowest BCUT2D eigenvalue weighted by molar-refractivity contribution is -0.173. The Labute approximate surface area is 131 Å². The Morgan fingerprint density at radius 3 is 2.70 bits per heavy atom. The first-order valence-corrected chi connectivity index (χ1v) is 6.86. The lowest BCUT2D eigenvalue weighted by atomic mass is 10.1. The lowest BCUT2D eigenvalue weighted by Gasteiger charge is -2.31. The Bertz CT molecular complexity index is 608. The molecule has 3 unspecified atom stereocenters. The number of rotatable bonds is 10. The van der Waals surface area contributed by atoms with Crippen molar-refractivity contribution in [1.29, 1.82) is 0 Å². The standard InChI is InChI=1S/C13H21N3O7/c1-8-5-16(13(20)15-11(8)19)12(22-4-3-14)10(23-7-18)9(6-17)21-2/h5,7,9-10,12,17H,3-4,6,14H2,1-2H3,(H,15,19,20). The molecule has 0 fully saturated rings. The third-order valence-corrected chi connectivity index (χ3v) is 3.17. The van der Waals surface area contributed by atoms with Gasteiger partial charge >= 0.3 is 5.69 Å². The topological polar surface area (TPSA) is 146 Å². The van der Waals surface area contributed by atoms with Gasteiger partial charge in [-0.1, -0.05) is 0 Å². The number of carbonyl (C=O) groups excluding carboxylic acids is 1. The van der Waals surface area contributed by atoms with Gasteiger partial charge in [0.15, 0.2) is 12.3 Å². The van der Waals surface area contributed by atoms with Crippen molar-refractivity contribution in [1.82, 2.24) is 9.55 Å². The molecule has 0 saturated heterocycles. The van der Waals surface area contributed by atoms with Crippen LogP contribution >= 0.6 is 0 Å². The summed E-state index contributed by atoms with van der Waals surface area (Å²) < 4.78 is 16.6. The van der Waals surface area contributed by atoms with E-state index in [0.29, 0.717) is 0 Å². The highest BCUT2D eigenvalue weighted by atomic mass is 16.6. The van der Waals surface area contributed by atoms with Crippen molar-refractivity contribution in [3.63, 3.8) is 0 Å². The molecule has 0 aromatic carbocycles. The first kappa shape index (κ1) is 19.0. The van der Waals surface area contributed by atoms with Gasteiger partial charge in [-0.25, -0.2) is 4.79 Å². The van der Waals surface area contributed by atoms with Crippen LogP contribution in [0.4, 0.5) is 0 Å². The molecule has 130 valence electrons. The maximum Gasteiger partial charge on any atom is 0.330 e. The van der Waals surface area contributed by atoms with Crippen molar-refractivity contribution in [3.05, 3.63) is 32.6 Å². The molecule has 1 aromatic rings. The van der Waals surface area contributed by atoms with Crippen LogP contribution in [0.2, 0.25) is 0 Å². The largest absolute Gasteiger partial charge is 0.457 e.